The van der Waals surface area contributed by atoms with Crippen LogP contribution in [0, 0.1) is 11.3 Å². The van der Waals surface area contributed by atoms with Crippen LogP contribution in [0.1, 0.15) is 44.0 Å². The van der Waals surface area contributed by atoms with Gasteiger partial charge < -0.3 is 15.0 Å². The second-order valence-corrected chi connectivity index (χ2v) is 7.73. The highest BCUT2D eigenvalue weighted by Crippen LogP contribution is 2.26. The van der Waals surface area contributed by atoms with E-state index in [1.807, 2.05) is 32.1 Å². The van der Waals surface area contributed by atoms with Gasteiger partial charge in [-0.1, -0.05) is 18.2 Å². The topological polar surface area (TPSA) is 114 Å². The number of amides is 1. The Morgan fingerprint density at radius 3 is 2.65 bits per heavy atom. The Morgan fingerprint density at radius 1 is 1.35 bits per heavy atom. The minimum absolute atomic E-state index is 0.122. The minimum atomic E-state index is -0.356. The maximum Gasteiger partial charge on any atom is 0.320 e. The standard InChI is InChI=1S/C22H32N6O3/c1-5-17(8-7-9-24-21(30)20-25-15-18(14-23)26-20)22(3,4)28-12-10-27(11-13-28)16-19(29)31-6-2/h5,7-8,15H,6,9-13,16H2,1-4H3,(H,24,30)(H,25,26)/b8-7-,17-5+. The van der Waals surface area contributed by atoms with Crippen LogP contribution in [-0.2, 0) is 9.53 Å². The Labute approximate surface area is 183 Å². The summed E-state index contributed by atoms with van der Waals surface area (Å²) in [4.78, 5) is 34.9. The van der Waals surface area contributed by atoms with E-state index in [1.54, 1.807) is 0 Å². The number of esters is 1. The summed E-state index contributed by atoms with van der Waals surface area (Å²) in [6.45, 7) is 12.6. The van der Waals surface area contributed by atoms with E-state index in [0.717, 1.165) is 31.8 Å². The molecular formula is C22H32N6O3. The largest absolute Gasteiger partial charge is 0.465 e. The quantitative estimate of drug-likeness (QED) is 0.452. The van der Waals surface area contributed by atoms with Gasteiger partial charge in [0.15, 0.2) is 11.5 Å². The first-order valence-corrected chi connectivity index (χ1v) is 10.5. The fraction of sp³-hybridized carbons (Fsp3) is 0.545. The van der Waals surface area contributed by atoms with Gasteiger partial charge in [-0.15, -0.1) is 0 Å². The van der Waals surface area contributed by atoms with Crippen LogP contribution < -0.4 is 5.32 Å². The Kier molecular flexibility index (Phi) is 8.97. The molecule has 0 atom stereocenters. The molecule has 0 unspecified atom stereocenters. The van der Waals surface area contributed by atoms with Gasteiger partial charge in [-0.3, -0.25) is 19.4 Å². The first kappa shape index (κ1) is 24.3. The predicted molar refractivity (Wildman–Crippen MR) is 117 cm³/mol. The van der Waals surface area contributed by atoms with Crippen LogP contribution in [0.2, 0.25) is 0 Å². The lowest BCUT2D eigenvalue weighted by Crippen LogP contribution is -2.55. The molecule has 1 saturated heterocycles. The third-order valence-electron chi connectivity index (χ3n) is 5.42. The number of hydrogen-bond acceptors (Lipinski definition) is 7. The van der Waals surface area contributed by atoms with Crippen molar-refractivity contribution in [2.24, 2.45) is 0 Å². The molecule has 0 aromatic carbocycles. The van der Waals surface area contributed by atoms with Crippen molar-refractivity contribution in [3.8, 4) is 6.07 Å². The van der Waals surface area contributed by atoms with Crippen molar-refractivity contribution in [2.75, 3.05) is 45.9 Å². The lowest BCUT2D eigenvalue weighted by molar-refractivity contribution is -0.145. The number of piperazine rings is 1. The highest BCUT2D eigenvalue weighted by Gasteiger charge is 2.32. The molecule has 1 amide bonds. The normalized spacial score (nSPS) is 16.3. The molecule has 0 radical (unpaired) electrons. The van der Waals surface area contributed by atoms with Gasteiger partial charge in [0.2, 0.25) is 0 Å². The minimum Gasteiger partial charge on any atom is -0.465 e. The van der Waals surface area contributed by atoms with Crippen LogP contribution >= 0.6 is 0 Å². The van der Waals surface area contributed by atoms with E-state index in [0.29, 0.717) is 19.7 Å². The zero-order valence-corrected chi connectivity index (χ0v) is 18.8. The monoisotopic (exact) mass is 428 g/mol. The van der Waals surface area contributed by atoms with Crippen molar-refractivity contribution in [1.29, 1.82) is 5.26 Å². The van der Waals surface area contributed by atoms with E-state index in [2.05, 4.69) is 45.0 Å². The first-order valence-electron chi connectivity index (χ1n) is 10.5. The van der Waals surface area contributed by atoms with Crippen molar-refractivity contribution in [3.05, 3.63) is 41.5 Å². The maximum atomic E-state index is 12.1. The van der Waals surface area contributed by atoms with Crippen molar-refractivity contribution < 1.29 is 14.3 Å². The molecule has 0 bridgehead atoms. The fourth-order valence-corrected chi connectivity index (χ4v) is 3.61. The number of aromatic nitrogens is 2. The molecule has 1 aliphatic rings. The Bertz CT molecular complexity index is 857. The molecule has 2 heterocycles. The predicted octanol–water partition coefficient (Wildman–Crippen LogP) is 1.47. The van der Waals surface area contributed by atoms with Crippen molar-refractivity contribution >= 4 is 11.9 Å². The second kappa shape index (κ2) is 11.4. The molecule has 31 heavy (non-hydrogen) atoms. The second-order valence-electron chi connectivity index (χ2n) is 7.73. The van der Waals surface area contributed by atoms with Gasteiger partial charge in [0.25, 0.3) is 5.91 Å². The highest BCUT2D eigenvalue weighted by atomic mass is 16.5. The number of aromatic amines is 1. The third-order valence-corrected chi connectivity index (χ3v) is 5.42. The van der Waals surface area contributed by atoms with Crippen LogP contribution in [0.15, 0.2) is 30.0 Å². The molecule has 1 aromatic heterocycles. The molecule has 0 spiro atoms. The van der Waals surface area contributed by atoms with Crippen molar-refractivity contribution in [3.63, 3.8) is 0 Å². The number of H-pyrrole nitrogens is 1. The molecule has 1 aromatic rings. The number of rotatable bonds is 9. The van der Waals surface area contributed by atoms with Crippen LogP contribution in [0.4, 0.5) is 0 Å². The fourth-order valence-electron chi connectivity index (χ4n) is 3.61. The molecule has 1 aliphatic heterocycles. The van der Waals surface area contributed by atoms with E-state index in [1.165, 1.54) is 6.20 Å². The zero-order chi connectivity index (χ0) is 22.9. The number of imidazole rings is 1. The van der Waals surface area contributed by atoms with E-state index < -0.39 is 0 Å². The lowest BCUT2D eigenvalue weighted by atomic mass is 9.90. The molecule has 168 valence electrons. The van der Waals surface area contributed by atoms with Gasteiger partial charge in [-0.25, -0.2) is 4.98 Å². The van der Waals surface area contributed by atoms with Crippen molar-refractivity contribution in [2.45, 2.75) is 33.2 Å². The zero-order valence-electron chi connectivity index (χ0n) is 18.8. The molecule has 0 saturated carbocycles. The lowest BCUT2D eigenvalue weighted by Gasteiger charge is -2.44. The highest BCUT2D eigenvalue weighted by molar-refractivity contribution is 5.90. The number of nitriles is 1. The average molecular weight is 429 g/mol. The van der Waals surface area contributed by atoms with Crippen molar-refractivity contribution in [1.82, 2.24) is 25.1 Å². The first-order chi connectivity index (χ1) is 14.8. The number of allylic oxidation sites excluding steroid dienone is 1. The Morgan fingerprint density at radius 2 is 2.06 bits per heavy atom. The van der Waals surface area contributed by atoms with E-state index >= 15 is 0 Å². The summed E-state index contributed by atoms with van der Waals surface area (Å²) in [5, 5.41) is 11.5. The number of ether oxygens (including phenoxy) is 1. The van der Waals surface area contributed by atoms with Gasteiger partial charge in [-0.05, 0) is 33.3 Å². The smallest absolute Gasteiger partial charge is 0.320 e. The molecule has 2 rings (SSSR count). The molecule has 1 fully saturated rings. The molecule has 9 heteroatoms. The van der Waals surface area contributed by atoms with Gasteiger partial charge in [0.1, 0.15) is 6.07 Å². The number of carbonyl (C=O) groups is 2. The van der Waals surface area contributed by atoms with E-state index in [9.17, 15) is 9.59 Å². The maximum absolute atomic E-state index is 12.1. The molecule has 2 N–H and O–H groups in total. The Hall–Kier alpha value is -2.96. The average Bonchev–Trinajstić information content (AvgIpc) is 3.23. The van der Waals surface area contributed by atoms with Crippen LogP contribution in [0.5, 0.6) is 0 Å². The number of carbonyl (C=O) groups excluding carboxylic acids is 2. The van der Waals surface area contributed by atoms with Gasteiger partial charge in [0.05, 0.1) is 13.2 Å². The number of nitrogens with zero attached hydrogens (tertiary/aromatic N) is 4. The summed E-state index contributed by atoms with van der Waals surface area (Å²) >= 11 is 0. The van der Waals surface area contributed by atoms with Crippen LogP contribution in [-0.4, -0.2) is 83.1 Å². The summed E-state index contributed by atoms with van der Waals surface area (Å²) in [5.74, 6) is -0.407. The van der Waals surface area contributed by atoms with Gasteiger partial charge >= 0.3 is 5.97 Å². The van der Waals surface area contributed by atoms with Gasteiger partial charge in [0, 0.05) is 44.5 Å². The Balaban J connectivity index is 1.86. The van der Waals surface area contributed by atoms with Gasteiger partial charge in [-0.2, -0.15) is 5.26 Å². The summed E-state index contributed by atoms with van der Waals surface area (Å²) < 4.78 is 5.04. The van der Waals surface area contributed by atoms with Crippen LogP contribution in [0.3, 0.4) is 0 Å². The van der Waals surface area contributed by atoms with E-state index in [-0.39, 0.29) is 28.9 Å². The van der Waals surface area contributed by atoms with Crippen LogP contribution in [0.25, 0.3) is 0 Å². The third kappa shape index (κ3) is 6.77. The number of nitrogens with one attached hydrogen (secondary N) is 2. The SMILES string of the molecule is C/C=C(\C=C/CNC(=O)c1nc(C#N)c[nH]1)C(C)(C)N1CCN(CC(=O)OCC)CC1. The molecular weight excluding hydrogens is 396 g/mol. The molecule has 0 aliphatic carbocycles. The van der Waals surface area contributed by atoms with E-state index in [4.69, 9.17) is 10.00 Å². The summed E-state index contributed by atoms with van der Waals surface area (Å²) in [7, 11) is 0. The summed E-state index contributed by atoms with van der Waals surface area (Å²) in [6.07, 6.45) is 7.40. The summed E-state index contributed by atoms with van der Waals surface area (Å²) in [6, 6.07) is 1.88. The number of hydrogen-bond donors (Lipinski definition) is 2. The summed E-state index contributed by atoms with van der Waals surface area (Å²) in [5.41, 5.74) is 1.14. The molecule has 9 nitrogen and oxygen atoms in total.